The van der Waals surface area contributed by atoms with Gasteiger partial charge in [-0.3, -0.25) is 0 Å². The first-order valence-electron chi connectivity index (χ1n) is 20.0. The number of furan rings is 2. The average Bonchev–Trinajstić information content (AvgIpc) is 3.85. The van der Waals surface area contributed by atoms with Gasteiger partial charge in [-0.15, -0.1) is 0 Å². The zero-order valence-corrected chi connectivity index (χ0v) is 31.1. The second kappa shape index (κ2) is 11.0. The highest BCUT2D eigenvalue weighted by Crippen LogP contribution is 2.46. The third-order valence-electron chi connectivity index (χ3n) is 13.0. The van der Waals surface area contributed by atoms with Crippen molar-refractivity contribution >= 4 is 109 Å². The molecule has 0 amide bonds. The number of rotatable bonds is 3. The summed E-state index contributed by atoms with van der Waals surface area (Å²) in [6.07, 6.45) is 0. The third kappa shape index (κ3) is 4.01. The maximum Gasteiger partial charge on any atom is 0.143 e. The molecule has 0 atom stereocenters. The summed E-state index contributed by atoms with van der Waals surface area (Å²) < 4.78 is 13.5. The van der Waals surface area contributed by atoms with E-state index in [1.807, 2.05) is 0 Å². The first-order valence-corrected chi connectivity index (χ1v) is 20.0. The smallest absolute Gasteiger partial charge is 0.143 e. The van der Waals surface area contributed by atoms with E-state index in [0.717, 1.165) is 60.6 Å². The molecule has 0 spiro atoms. The minimum absolute atomic E-state index is 0.874. The Kier molecular flexibility index (Phi) is 5.79. The molecule has 12 aromatic carbocycles. The van der Waals surface area contributed by atoms with E-state index in [0.29, 0.717) is 0 Å². The number of para-hydroxylation sites is 2. The Hall–Kier alpha value is -7.68. The summed E-state index contributed by atoms with van der Waals surface area (Å²) in [6, 6.07) is 66.6. The molecule has 0 unspecified atom stereocenters. The van der Waals surface area contributed by atoms with E-state index in [1.165, 1.54) is 81.3 Å². The quantitative estimate of drug-likeness (QED) is 0.169. The number of hydrogen-bond acceptors (Lipinski definition) is 2. The van der Waals surface area contributed by atoms with Gasteiger partial charge in [0.1, 0.15) is 22.3 Å². The first kappa shape index (κ1) is 30.5. The van der Waals surface area contributed by atoms with Crippen molar-refractivity contribution in [3.05, 3.63) is 182 Å². The minimum Gasteiger partial charge on any atom is -0.456 e. The molecule has 0 saturated heterocycles. The number of hydrogen-bond donors (Lipinski definition) is 0. The molecule has 266 valence electrons. The summed E-state index contributed by atoms with van der Waals surface area (Å²) in [4.78, 5) is 0. The molecule has 0 radical (unpaired) electrons. The van der Waals surface area contributed by atoms with Crippen LogP contribution in [0.4, 0.5) is 0 Å². The summed E-state index contributed by atoms with van der Waals surface area (Å²) in [5.41, 5.74) is 10.4. The van der Waals surface area contributed by atoms with Crippen molar-refractivity contribution in [3.63, 3.8) is 0 Å². The maximum atomic E-state index is 7.04. The van der Waals surface area contributed by atoms with E-state index in [4.69, 9.17) is 8.83 Å². The summed E-state index contributed by atoms with van der Waals surface area (Å²) in [7, 11) is 0. The van der Waals surface area contributed by atoms with E-state index >= 15 is 0 Å². The SMILES string of the molecule is c1cc2ccc3ccc(-c4ccc5oc6ccc(-c7cccc8c7oc7c(-c9ccc%10ccc%11cccc%12ccc9c%10c%11%12)cccc78)cc6c5c4)c4ccc(c1)c2c34. The maximum absolute atomic E-state index is 7.04. The van der Waals surface area contributed by atoms with Crippen molar-refractivity contribution in [1.82, 2.24) is 0 Å². The highest BCUT2D eigenvalue weighted by molar-refractivity contribution is 6.28. The number of fused-ring (bicyclic) bond motifs is 6. The molecule has 0 saturated carbocycles. The Bertz CT molecular complexity index is 4000. The second-order valence-corrected chi connectivity index (χ2v) is 15.9. The molecule has 0 aliphatic rings. The van der Waals surface area contributed by atoms with Gasteiger partial charge in [-0.25, -0.2) is 0 Å². The molecule has 0 aliphatic carbocycles. The molecule has 0 bridgehead atoms. The van der Waals surface area contributed by atoms with Gasteiger partial charge in [-0.05, 0) is 111 Å². The molecule has 2 heterocycles. The van der Waals surface area contributed by atoms with Crippen LogP contribution in [0.1, 0.15) is 0 Å². The lowest BCUT2D eigenvalue weighted by Gasteiger charge is -2.14. The van der Waals surface area contributed by atoms with Gasteiger partial charge in [-0.1, -0.05) is 158 Å². The summed E-state index contributed by atoms with van der Waals surface area (Å²) in [5, 5.41) is 19.9. The van der Waals surface area contributed by atoms with Gasteiger partial charge in [0.15, 0.2) is 0 Å². The predicted molar refractivity (Wildman–Crippen MR) is 245 cm³/mol. The van der Waals surface area contributed by atoms with Crippen LogP contribution in [0.3, 0.4) is 0 Å². The Labute approximate surface area is 331 Å². The highest BCUT2D eigenvalue weighted by Gasteiger charge is 2.20. The van der Waals surface area contributed by atoms with Crippen LogP contribution < -0.4 is 0 Å². The zero-order chi connectivity index (χ0) is 37.6. The highest BCUT2D eigenvalue weighted by atomic mass is 16.3. The van der Waals surface area contributed by atoms with Crippen molar-refractivity contribution in [2.45, 2.75) is 0 Å². The predicted octanol–water partition coefficient (Wildman–Crippen LogP) is 16.3. The van der Waals surface area contributed by atoms with E-state index in [1.54, 1.807) is 0 Å². The second-order valence-electron chi connectivity index (χ2n) is 15.9. The van der Waals surface area contributed by atoms with Gasteiger partial charge in [-0.2, -0.15) is 0 Å². The molecule has 2 nitrogen and oxygen atoms in total. The molecule has 14 aromatic rings. The monoisotopic (exact) mass is 734 g/mol. The Balaban J connectivity index is 0.942. The van der Waals surface area contributed by atoms with E-state index in [2.05, 4.69) is 182 Å². The first-order chi connectivity index (χ1) is 28.7. The molecule has 0 N–H and O–H groups in total. The van der Waals surface area contributed by atoms with Gasteiger partial charge in [0.2, 0.25) is 0 Å². The fraction of sp³-hybridized carbons (Fsp3) is 0. The van der Waals surface area contributed by atoms with Crippen molar-refractivity contribution in [3.8, 4) is 33.4 Å². The van der Waals surface area contributed by atoms with Crippen LogP contribution in [0.15, 0.2) is 191 Å². The standard InChI is InChI=1S/C56H30O2/c1-5-31-13-15-35-17-23-39(42-25-19-33(7-1)51(31)53(35)42)37-21-27-49-47(29-37)48-30-38(22-28-50(48)57-49)40-9-3-11-45-46-12-4-10-44(56(46)58-55(40)45)41-24-18-36-16-14-32-6-2-8-34-20-26-43(41)54(36)52(32)34/h1-30H. The lowest BCUT2D eigenvalue weighted by atomic mass is 9.89. The van der Waals surface area contributed by atoms with Gasteiger partial charge in [0.25, 0.3) is 0 Å². The van der Waals surface area contributed by atoms with E-state index in [-0.39, 0.29) is 0 Å². The molecule has 0 aliphatic heterocycles. The van der Waals surface area contributed by atoms with Crippen molar-refractivity contribution in [2.24, 2.45) is 0 Å². The normalized spacial score (nSPS) is 12.5. The van der Waals surface area contributed by atoms with Crippen LogP contribution in [-0.2, 0) is 0 Å². The fourth-order valence-corrected chi connectivity index (χ4v) is 10.3. The molecular formula is C56H30O2. The van der Waals surface area contributed by atoms with Crippen molar-refractivity contribution < 1.29 is 8.83 Å². The lowest BCUT2D eigenvalue weighted by Crippen LogP contribution is -1.87. The minimum atomic E-state index is 0.874. The van der Waals surface area contributed by atoms with E-state index in [9.17, 15) is 0 Å². The molecule has 2 aromatic heterocycles. The van der Waals surface area contributed by atoms with Crippen LogP contribution in [-0.4, -0.2) is 0 Å². The Morgan fingerprint density at radius 2 is 0.672 bits per heavy atom. The average molecular weight is 735 g/mol. The van der Waals surface area contributed by atoms with Crippen molar-refractivity contribution in [1.29, 1.82) is 0 Å². The van der Waals surface area contributed by atoms with Crippen molar-refractivity contribution in [2.75, 3.05) is 0 Å². The molecule has 58 heavy (non-hydrogen) atoms. The Morgan fingerprint density at radius 1 is 0.241 bits per heavy atom. The van der Waals surface area contributed by atoms with Crippen LogP contribution in [0.2, 0.25) is 0 Å². The zero-order valence-electron chi connectivity index (χ0n) is 31.1. The van der Waals surface area contributed by atoms with Crippen LogP contribution in [0.5, 0.6) is 0 Å². The number of benzene rings is 12. The lowest BCUT2D eigenvalue weighted by molar-refractivity contribution is 0.668. The fourth-order valence-electron chi connectivity index (χ4n) is 10.3. The summed E-state index contributed by atoms with van der Waals surface area (Å²) in [5.74, 6) is 0. The van der Waals surface area contributed by atoms with Crippen LogP contribution in [0.25, 0.3) is 142 Å². The Morgan fingerprint density at radius 3 is 1.26 bits per heavy atom. The largest absolute Gasteiger partial charge is 0.456 e. The van der Waals surface area contributed by atoms with Gasteiger partial charge in [0.05, 0.1) is 0 Å². The topological polar surface area (TPSA) is 26.3 Å². The summed E-state index contributed by atoms with van der Waals surface area (Å²) >= 11 is 0. The van der Waals surface area contributed by atoms with E-state index < -0.39 is 0 Å². The molecule has 0 fully saturated rings. The third-order valence-corrected chi connectivity index (χ3v) is 13.0. The summed E-state index contributed by atoms with van der Waals surface area (Å²) in [6.45, 7) is 0. The molecular weight excluding hydrogens is 705 g/mol. The van der Waals surface area contributed by atoms with Gasteiger partial charge >= 0.3 is 0 Å². The van der Waals surface area contributed by atoms with Gasteiger partial charge in [0, 0.05) is 32.7 Å². The van der Waals surface area contributed by atoms with Crippen LogP contribution >= 0.6 is 0 Å². The van der Waals surface area contributed by atoms with Crippen LogP contribution in [0, 0.1) is 0 Å². The molecule has 2 heteroatoms. The van der Waals surface area contributed by atoms with Gasteiger partial charge < -0.3 is 8.83 Å². The molecule has 14 rings (SSSR count).